The molecule has 0 saturated heterocycles. The third kappa shape index (κ3) is 2.39. The number of aromatic nitrogens is 3. The molecule has 3 rings (SSSR count). The fourth-order valence-electron chi connectivity index (χ4n) is 2.16. The van der Waals surface area contributed by atoms with Crippen molar-refractivity contribution in [3.63, 3.8) is 0 Å². The minimum absolute atomic E-state index is 0.0652. The van der Waals surface area contributed by atoms with Gasteiger partial charge in [0.15, 0.2) is 0 Å². The number of fused-ring (bicyclic) bond motifs is 1. The zero-order chi connectivity index (χ0) is 15.7. The topological polar surface area (TPSA) is 105 Å². The molecule has 0 radical (unpaired) electrons. The molecule has 0 aliphatic heterocycles. The molecule has 2 N–H and O–H groups in total. The third-order valence-corrected chi connectivity index (χ3v) is 3.26. The van der Waals surface area contributed by atoms with Crippen LogP contribution in [0.2, 0.25) is 0 Å². The van der Waals surface area contributed by atoms with Crippen molar-refractivity contribution in [2.45, 2.75) is 6.54 Å². The maximum atomic E-state index is 12.4. The van der Waals surface area contributed by atoms with Crippen LogP contribution in [0.1, 0.15) is 15.9 Å². The maximum absolute atomic E-state index is 12.4. The predicted octanol–water partition coefficient (Wildman–Crippen LogP) is 0.831. The van der Waals surface area contributed by atoms with E-state index in [4.69, 9.17) is 5.11 Å². The number of carbonyl (C=O) groups is 1. The minimum atomic E-state index is -1.19. The average Bonchev–Trinajstić information content (AvgIpc) is 2.52. The Morgan fingerprint density at radius 2 is 1.95 bits per heavy atom. The standard InChI is InChI=1S/C15H11N3O4/c19-13-11-6-10(14(20)21)7-16-12(11)17-15(22)18(13)8-9-4-2-1-3-5-9/h1-7H,8H2,(H,20,21)(H,16,17,22). The normalized spacial score (nSPS) is 10.7. The number of rotatable bonds is 3. The first kappa shape index (κ1) is 13.7. The number of hydrogen-bond donors (Lipinski definition) is 2. The van der Waals surface area contributed by atoms with Gasteiger partial charge in [0, 0.05) is 6.20 Å². The second kappa shape index (κ2) is 5.28. The molecule has 7 nitrogen and oxygen atoms in total. The maximum Gasteiger partial charge on any atom is 0.337 e. The van der Waals surface area contributed by atoms with Gasteiger partial charge < -0.3 is 5.11 Å². The van der Waals surface area contributed by atoms with Crippen LogP contribution in [0.15, 0.2) is 52.2 Å². The van der Waals surface area contributed by atoms with Crippen molar-refractivity contribution >= 4 is 17.0 Å². The van der Waals surface area contributed by atoms with Crippen LogP contribution in [0.25, 0.3) is 11.0 Å². The molecule has 110 valence electrons. The smallest absolute Gasteiger partial charge is 0.337 e. The quantitative estimate of drug-likeness (QED) is 0.745. The highest BCUT2D eigenvalue weighted by Crippen LogP contribution is 2.06. The number of benzene rings is 1. The molecular weight excluding hydrogens is 286 g/mol. The molecule has 0 spiro atoms. The average molecular weight is 297 g/mol. The van der Waals surface area contributed by atoms with Crippen molar-refractivity contribution in [1.29, 1.82) is 0 Å². The Balaban J connectivity index is 2.20. The van der Waals surface area contributed by atoms with Gasteiger partial charge in [-0.15, -0.1) is 0 Å². The van der Waals surface area contributed by atoms with E-state index in [9.17, 15) is 14.4 Å². The van der Waals surface area contributed by atoms with Gasteiger partial charge in [0.05, 0.1) is 17.5 Å². The molecule has 0 amide bonds. The molecular formula is C15H11N3O4. The highest BCUT2D eigenvalue weighted by Gasteiger charge is 2.12. The molecule has 0 aliphatic carbocycles. The summed E-state index contributed by atoms with van der Waals surface area (Å²) in [5.41, 5.74) is -0.404. The van der Waals surface area contributed by atoms with Crippen molar-refractivity contribution in [1.82, 2.24) is 14.5 Å². The lowest BCUT2D eigenvalue weighted by Gasteiger charge is -2.06. The first-order chi connectivity index (χ1) is 10.6. The van der Waals surface area contributed by atoms with Gasteiger partial charge in [0.1, 0.15) is 5.65 Å². The van der Waals surface area contributed by atoms with Crippen LogP contribution in [-0.4, -0.2) is 25.6 Å². The summed E-state index contributed by atoms with van der Waals surface area (Å²) in [6.07, 6.45) is 1.10. The summed E-state index contributed by atoms with van der Waals surface area (Å²) in [5, 5.41) is 9.04. The summed E-state index contributed by atoms with van der Waals surface area (Å²) in [4.78, 5) is 41.8. The van der Waals surface area contributed by atoms with E-state index in [0.29, 0.717) is 0 Å². The molecule has 0 unspecified atom stereocenters. The first-order valence-corrected chi connectivity index (χ1v) is 6.46. The molecule has 2 heterocycles. The second-order valence-corrected chi connectivity index (χ2v) is 4.73. The van der Waals surface area contributed by atoms with Crippen LogP contribution in [-0.2, 0) is 6.54 Å². The highest BCUT2D eigenvalue weighted by atomic mass is 16.4. The molecule has 0 aliphatic rings. The molecule has 0 bridgehead atoms. The lowest BCUT2D eigenvalue weighted by molar-refractivity contribution is 0.0696. The summed E-state index contributed by atoms with van der Waals surface area (Å²) in [5.74, 6) is -1.19. The van der Waals surface area contributed by atoms with Gasteiger partial charge in [-0.3, -0.25) is 14.3 Å². The lowest BCUT2D eigenvalue weighted by Crippen LogP contribution is -2.35. The summed E-state index contributed by atoms with van der Waals surface area (Å²) in [7, 11) is 0. The van der Waals surface area contributed by atoms with Crippen molar-refractivity contribution in [2.75, 3.05) is 0 Å². The number of aromatic carboxylic acids is 1. The first-order valence-electron chi connectivity index (χ1n) is 6.46. The van der Waals surface area contributed by atoms with Crippen molar-refractivity contribution < 1.29 is 9.90 Å². The van der Waals surface area contributed by atoms with Crippen LogP contribution in [0.5, 0.6) is 0 Å². The molecule has 1 aromatic carbocycles. The van der Waals surface area contributed by atoms with E-state index in [-0.39, 0.29) is 23.1 Å². The predicted molar refractivity (Wildman–Crippen MR) is 79.1 cm³/mol. The van der Waals surface area contributed by atoms with E-state index in [0.717, 1.165) is 16.3 Å². The molecule has 0 atom stereocenters. The van der Waals surface area contributed by atoms with Gasteiger partial charge in [-0.05, 0) is 11.6 Å². The summed E-state index contributed by atoms with van der Waals surface area (Å²) >= 11 is 0. The van der Waals surface area contributed by atoms with Crippen molar-refractivity contribution in [2.24, 2.45) is 0 Å². The van der Waals surface area contributed by atoms with Crippen LogP contribution in [0, 0.1) is 0 Å². The number of pyridine rings is 1. The van der Waals surface area contributed by atoms with Gasteiger partial charge in [0.25, 0.3) is 5.56 Å². The Hall–Kier alpha value is -3.22. The Morgan fingerprint density at radius 3 is 2.64 bits per heavy atom. The second-order valence-electron chi connectivity index (χ2n) is 4.73. The third-order valence-electron chi connectivity index (χ3n) is 3.26. The molecule has 7 heteroatoms. The zero-order valence-corrected chi connectivity index (χ0v) is 11.3. The number of nitrogens with zero attached hydrogens (tertiary/aromatic N) is 2. The van der Waals surface area contributed by atoms with Gasteiger partial charge >= 0.3 is 11.7 Å². The van der Waals surface area contributed by atoms with Crippen LogP contribution < -0.4 is 11.2 Å². The summed E-state index contributed by atoms with van der Waals surface area (Å²) < 4.78 is 1.02. The summed E-state index contributed by atoms with van der Waals surface area (Å²) in [6.45, 7) is 0.0995. The SMILES string of the molecule is O=C(O)c1cnc2[nH]c(=O)n(Cc3ccccc3)c(=O)c2c1. The molecule has 0 saturated carbocycles. The highest BCUT2D eigenvalue weighted by molar-refractivity contribution is 5.91. The number of carboxylic acid groups (broad SMARTS) is 1. The Kier molecular flexibility index (Phi) is 3.30. The van der Waals surface area contributed by atoms with E-state index in [1.807, 2.05) is 6.07 Å². The van der Waals surface area contributed by atoms with Gasteiger partial charge in [-0.1, -0.05) is 30.3 Å². The van der Waals surface area contributed by atoms with Gasteiger partial charge in [-0.2, -0.15) is 0 Å². The lowest BCUT2D eigenvalue weighted by atomic mass is 10.2. The van der Waals surface area contributed by atoms with E-state index < -0.39 is 17.2 Å². The summed E-state index contributed by atoms with van der Waals surface area (Å²) in [6, 6.07) is 10.2. The molecule has 2 aromatic heterocycles. The molecule has 22 heavy (non-hydrogen) atoms. The van der Waals surface area contributed by atoms with Crippen molar-refractivity contribution in [3.05, 3.63) is 74.6 Å². The fourth-order valence-corrected chi connectivity index (χ4v) is 2.16. The number of carboxylic acids is 1. The van der Waals surface area contributed by atoms with Gasteiger partial charge in [0.2, 0.25) is 0 Å². The zero-order valence-electron chi connectivity index (χ0n) is 11.3. The fraction of sp³-hybridized carbons (Fsp3) is 0.0667. The number of hydrogen-bond acceptors (Lipinski definition) is 4. The molecule has 3 aromatic rings. The monoisotopic (exact) mass is 297 g/mol. The Bertz CT molecular complexity index is 973. The number of aromatic amines is 1. The van der Waals surface area contributed by atoms with E-state index in [2.05, 4.69) is 9.97 Å². The Labute approximate surface area is 123 Å². The van der Waals surface area contributed by atoms with Crippen LogP contribution >= 0.6 is 0 Å². The van der Waals surface area contributed by atoms with E-state index in [1.54, 1.807) is 24.3 Å². The van der Waals surface area contributed by atoms with Gasteiger partial charge in [-0.25, -0.2) is 14.6 Å². The largest absolute Gasteiger partial charge is 0.478 e. The van der Waals surface area contributed by atoms with Crippen LogP contribution in [0.4, 0.5) is 0 Å². The molecule has 0 fully saturated rings. The van der Waals surface area contributed by atoms with Crippen LogP contribution in [0.3, 0.4) is 0 Å². The number of H-pyrrole nitrogens is 1. The number of nitrogens with one attached hydrogen (secondary N) is 1. The van der Waals surface area contributed by atoms with Crippen molar-refractivity contribution in [3.8, 4) is 0 Å². The van der Waals surface area contributed by atoms with E-state index in [1.165, 1.54) is 6.07 Å². The Morgan fingerprint density at radius 1 is 1.23 bits per heavy atom. The minimum Gasteiger partial charge on any atom is -0.478 e. The van der Waals surface area contributed by atoms with E-state index >= 15 is 0 Å².